The lowest BCUT2D eigenvalue weighted by Crippen LogP contribution is -2.45. The number of rotatable bonds is 5. The van der Waals surface area contributed by atoms with Gasteiger partial charge in [0.1, 0.15) is 0 Å². The summed E-state index contributed by atoms with van der Waals surface area (Å²) in [6.07, 6.45) is 1.44. The summed E-state index contributed by atoms with van der Waals surface area (Å²) in [5.41, 5.74) is 8.70. The highest BCUT2D eigenvalue weighted by atomic mass is 32.2. The first-order valence-electron chi connectivity index (χ1n) is 12.4. The van der Waals surface area contributed by atoms with Crippen LogP contribution in [0, 0.1) is 5.92 Å². The summed E-state index contributed by atoms with van der Waals surface area (Å²) in [5.74, 6) is -1.30. The molecule has 2 unspecified atom stereocenters. The normalized spacial score (nSPS) is 21.5. The first-order valence-corrected chi connectivity index (χ1v) is 13.9. The summed E-state index contributed by atoms with van der Waals surface area (Å²) in [6, 6.07) is 13.4. The van der Waals surface area contributed by atoms with Crippen molar-refractivity contribution in [3.05, 3.63) is 83.6 Å². The molecular weight excluding hydrogens is 515 g/mol. The number of amides is 1. The highest BCUT2D eigenvalue weighted by Gasteiger charge is 2.41. The van der Waals surface area contributed by atoms with Gasteiger partial charge in [0.2, 0.25) is 10.0 Å². The van der Waals surface area contributed by atoms with E-state index in [2.05, 4.69) is 4.98 Å². The lowest BCUT2D eigenvalue weighted by Gasteiger charge is -2.35. The molecule has 1 aromatic heterocycles. The van der Waals surface area contributed by atoms with Crippen molar-refractivity contribution in [2.24, 2.45) is 11.7 Å². The second-order valence-corrected chi connectivity index (χ2v) is 12.0. The molecule has 2 aliphatic rings. The zero-order valence-electron chi connectivity index (χ0n) is 20.7. The van der Waals surface area contributed by atoms with Crippen LogP contribution in [0.1, 0.15) is 41.6 Å². The third kappa shape index (κ3) is 4.78. The number of fused-ring (bicyclic) bond motifs is 1. The number of hydrogen-bond acceptors (Lipinski definition) is 3. The Labute approximate surface area is 219 Å². The summed E-state index contributed by atoms with van der Waals surface area (Å²) < 4.78 is 67.3. The number of hydrogen-bond donors (Lipinski definition) is 2. The van der Waals surface area contributed by atoms with E-state index in [0.717, 1.165) is 40.3 Å². The van der Waals surface area contributed by atoms with E-state index in [9.17, 15) is 26.4 Å². The number of carbonyl (C=O) groups is 1. The molecule has 1 fully saturated rings. The van der Waals surface area contributed by atoms with E-state index < -0.39 is 38.8 Å². The van der Waals surface area contributed by atoms with Gasteiger partial charge in [-0.05, 0) is 53.5 Å². The number of H-pyrrole nitrogens is 1. The molecule has 2 atom stereocenters. The number of halogens is 3. The van der Waals surface area contributed by atoms with Crippen molar-refractivity contribution in [2.75, 3.05) is 13.1 Å². The minimum atomic E-state index is -4.51. The highest BCUT2D eigenvalue weighted by molar-refractivity contribution is 7.89. The largest absolute Gasteiger partial charge is 0.416 e. The quantitative estimate of drug-likeness (QED) is 0.444. The molecule has 0 spiro atoms. The number of aromatic amines is 1. The minimum Gasteiger partial charge on any atom is -0.366 e. The van der Waals surface area contributed by atoms with Crippen LogP contribution in [0.5, 0.6) is 0 Å². The molecule has 1 aliphatic heterocycles. The van der Waals surface area contributed by atoms with E-state index in [1.807, 2.05) is 42.6 Å². The Kier molecular flexibility index (Phi) is 6.73. The molecule has 2 heterocycles. The van der Waals surface area contributed by atoms with Gasteiger partial charge in [0, 0.05) is 24.7 Å². The second kappa shape index (κ2) is 9.74. The number of allylic oxidation sites excluding steroid dienone is 3. The molecule has 200 valence electrons. The molecule has 1 amide bonds. The fourth-order valence-corrected chi connectivity index (χ4v) is 7.50. The monoisotopic (exact) mass is 543 g/mol. The number of sulfonamides is 1. The summed E-state index contributed by atoms with van der Waals surface area (Å²) in [4.78, 5) is 15.4. The van der Waals surface area contributed by atoms with Crippen molar-refractivity contribution >= 4 is 26.8 Å². The van der Waals surface area contributed by atoms with Crippen molar-refractivity contribution in [1.82, 2.24) is 9.29 Å². The van der Waals surface area contributed by atoms with Crippen molar-refractivity contribution in [1.29, 1.82) is 0 Å². The number of alkyl halides is 3. The first kappa shape index (κ1) is 26.2. The molecule has 0 bridgehead atoms. The van der Waals surface area contributed by atoms with E-state index in [1.165, 1.54) is 11.2 Å². The van der Waals surface area contributed by atoms with Crippen molar-refractivity contribution in [3.63, 3.8) is 0 Å². The number of nitrogens with two attached hydrogens (primary N) is 1. The predicted molar refractivity (Wildman–Crippen MR) is 141 cm³/mol. The average molecular weight is 544 g/mol. The molecule has 3 N–H and O–H groups in total. The molecule has 6 nitrogen and oxygen atoms in total. The van der Waals surface area contributed by atoms with Crippen molar-refractivity contribution < 1.29 is 26.4 Å². The first-order chi connectivity index (χ1) is 18.0. The highest BCUT2D eigenvalue weighted by Crippen LogP contribution is 2.39. The smallest absolute Gasteiger partial charge is 0.366 e. The molecule has 2 aromatic carbocycles. The van der Waals surface area contributed by atoms with Gasteiger partial charge in [0.05, 0.1) is 21.9 Å². The molecule has 3 aromatic rings. The number of nitrogens with one attached hydrogen (secondary N) is 1. The van der Waals surface area contributed by atoms with Gasteiger partial charge in [0.15, 0.2) is 0 Å². The summed E-state index contributed by atoms with van der Waals surface area (Å²) >= 11 is 0. The maximum Gasteiger partial charge on any atom is 0.416 e. The van der Waals surface area contributed by atoms with E-state index in [-0.39, 0.29) is 19.0 Å². The molecular formula is C28H28F3N3O3S. The minimum absolute atomic E-state index is 0.0398. The van der Waals surface area contributed by atoms with Gasteiger partial charge < -0.3 is 10.7 Å². The van der Waals surface area contributed by atoms with Crippen molar-refractivity contribution in [3.8, 4) is 11.1 Å². The van der Waals surface area contributed by atoms with E-state index >= 15 is 0 Å². The van der Waals surface area contributed by atoms with Gasteiger partial charge in [-0.15, -0.1) is 0 Å². The second-order valence-electron chi connectivity index (χ2n) is 9.94. The Balaban J connectivity index is 1.38. The number of nitrogens with zero attached hydrogens (tertiary/aromatic N) is 1. The van der Waals surface area contributed by atoms with Gasteiger partial charge in [-0.25, -0.2) is 12.7 Å². The van der Waals surface area contributed by atoms with Crippen LogP contribution in [0.25, 0.3) is 22.0 Å². The Morgan fingerprint density at radius 1 is 1.08 bits per heavy atom. The standard InChI is InChI=1S/C28H28F3N3O3S/c1-17-13-21(28(29,30)31)7-8-25(17)38(36,37)34-11-9-19(10-12-34)24-16-33-26-22(24)14-20(15-23(26)27(32)35)18-5-3-2-4-6-18/h2-8,13-17,19,25,33H,9-12H2,1H3,(H2,32,35). The van der Waals surface area contributed by atoms with Crippen LogP contribution in [0.2, 0.25) is 0 Å². The Hall–Kier alpha value is -3.37. The zero-order chi connectivity index (χ0) is 27.2. The maximum atomic E-state index is 13.3. The number of piperidine rings is 1. The third-order valence-electron chi connectivity index (χ3n) is 7.54. The number of benzene rings is 2. The Bertz CT molecular complexity index is 1530. The van der Waals surface area contributed by atoms with E-state index in [4.69, 9.17) is 5.73 Å². The molecule has 38 heavy (non-hydrogen) atoms. The fraction of sp³-hybridized carbons (Fsp3) is 0.321. The summed E-state index contributed by atoms with van der Waals surface area (Å²) in [7, 11) is -3.83. The lowest BCUT2D eigenvalue weighted by molar-refractivity contribution is -0.0888. The number of aromatic nitrogens is 1. The van der Waals surface area contributed by atoms with Crippen LogP contribution in [0.4, 0.5) is 13.2 Å². The fourth-order valence-electron chi connectivity index (χ4n) is 5.54. The molecule has 0 radical (unpaired) electrons. The van der Waals surface area contributed by atoms with Crippen LogP contribution in [0.3, 0.4) is 0 Å². The molecule has 5 rings (SSSR count). The molecule has 10 heteroatoms. The number of carbonyl (C=O) groups excluding carboxylic acids is 1. The van der Waals surface area contributed by atoms with Gasteiger partial charge in [0.25, 0.3) is 5.91 Å². The predicted octanol–water partition coefficient (Wildman–Crippen LogP) is 5.51. The van der Waals surface area contributed by atoms with Crippen LogP contribution in [-0.4, -0.2) is 48.1 Å². The maximum absolute atomic E-state index is 13.3. The Morgan fingerprint density at radius 3 is 2.37 bits per heavy atom. The van der Waals surface area contributed by atoms with Gasteiger partial charge in [-0.3, -0.25) is 4.79 Å². The van der Waals surface area contributed by atoms with Gasteiger partial charge in [-0.1, -0.05) is 55.5 Å². The van der Waals surface area contributed by atoms with Crippen molar-refractivity contribution in [2.45, 2.75) is 37.1 Å². The van der Waals surface area contributed by atoms with E-state index in [0.29, 0.717) is 23.9 Å². The molecule has 1 saturated heterocycles. The molecule has 1 aliphatic carbocycles. The zero-order valence-corrected chi connectivity index (χ0v) is 21.5. The lowest BCUT2D eigenvalue weighted by atomic mass is 9.88. The van der Waals surface area contributed by atoms with Crippen LogP contribution in [0.15, 0.2) is 72.5 Å². The van der Waals surface area contributed by atoms with E-state index in [1.54, 1.807) is 6.07 Å². The Morgan fingerprint density at radius 2 is 1.76 bits per heavy atom. The summed E-state index contributed by atoms with van der Waals surface area (Å²) in [6.45, 7) is 2.01. The SMILES string of the molecule is CC1C=C(C(F)(F)F)C=CC1S(=O)(=O)N1CCC(c2c[nH]c3c(C(N)=O)cc(-c4ccccc4)cc23)CC1. The number of primary amides is 1. The summed E-state index contributed by atoms with van der Waals surface area (Å²) in [5, 5.41) is -0.167. The average Bonchev–Trinajstić information content (AvgIpc) is 3.32. The molecule has 0 saturated carbocycles. The van der Waals surface area contributed by atoms with Gasteiger partial charge in [-0.2, -0.15) is 13.2 Å². The third-order valence-corrected chi connectivity index (χ3v) is 9.90. The van der Waals surface area contributed by atoms with Crippen LogP contribution in [-0.2, 0) is 10.0 Å². The van der Waals surface area contributed by atoms with Gasteiger partial charge >= 0.3 is 6.18 Å². The van der Waals surface area contributed by atoms with Crippen LogP contribution >= 0.6 is 0 Å². The van der Waals surface area contributed by atoms with Crippen LogP contribution < -0.4 is 5.73 Å². The topological polar surface area (TPSA) is 96.3 Å².